The zero-order valence-corrected chi connectivity index (χ0v) is 13.0. The van der Waals surface area contributed by atoms with Gasteiger partial charge in [0.1, 0.15) is 5.82 Å². The van der Waals surface area contributed by atoms with E-state index < -0.39 is 0 Å². The third kappa shape index (κ3) is 3.31. The molecule has 0 spiro atoms. The van der Waals surface area contributed by atoms with E-state index in [0.29, 0.717) is 36.6 Å². The summed E-state index contributed by atoms with van der Waals surface area (Å²) in [5.74, 6) is 1.99. The van der Waals surface area contributed by atoms with E-state index in [-0.39, 0.29) is 0 Å². The summed E-state index contributed by atoms with van der Waals surface area (Å²) in [5.41, 5.74) is 0.868. The van der Waals surface area contributed by atoms with Gasteiger partial charge < -0.3 is 15.0 Å². The average molecular weight is 327 g/mol. The van der Waals surface area contributed by atoms with Crippen molar-refractivity contribution in [2.45, 2.75) is 0 Å². The summed E-state index contributed by atoms with van der Waals surface area (Å²) in [4.78, 5) is 11.4. The highest BCUT2D eigenvalue weighted by Crippen LogP contribution is 2.26. The van der Waals surface area contributed by atoms with E-state index >= 15 is 0 Å². The Morgan fingerprint density at radius 1 is 1.24 bits per heavy atom. The maximum Gasteiger partial charge on any atom is 0.228 e. The number of aromatic nitrogens is 2. The maximum atomic E-state index is 6.08. The Morgan fingerprint density at radius 3 is 2.81 bits per heavy atom. The van der Waals surface area contributed by atoms with Crippen LogP contribution in [0, 0.1) is 0 Å². The van der Waals surface area contributed by atoms with Crippen molar-refractivity contribution in [2.75, 3.05) is 48.9 Å². The lowest BCUT2D eigenvalue weighted by molar-refractivity contribution is 0.122. The quantitative estimate of drug-likeness (QED) is 0.875. The molecule has 1 fully saturated rings. The molecule has 1 N–H and O–H groups in total. The summed E-state index contributed by atoms with van der Waals surface area (Å²) in [6.07, 6.45) is 0. The second kappa shape index (κ2) is 6.64. The first-order valence-corrected chi connectivity index (χ1v) is 7.79. The van der Waals surface area contributed by atoms with Gasteiger partial charge in [-0.15, -0.1) is 11.6 Å². The van der Waals surface area contributed by atoms with E-state index in [0.717, 1.165) is 29.8 Å². The molecule has 1 aromatic heterocycles. The van der Waals surface area contributed by atoms with Gasteiger partial charge in [0, 0.05) is 35.9 Å². The van der Waals surface area contributed by atoms with Gasteiger partial charge in [-0.25, -0.2) is 4.98 Å². The van der Waals surface area contributed by atoms with Gasteiger partial charge in [0.2, 0.25) is 5.95 Å². The molecule has 112 valence electrons. The van der Waals surface area contributed by atoms with Gasteiger partial charge in [0.15, 0.2) is 0 Å². The number of rotatable bonds is 4. The Labute approximate surface area is 133 Å². The Balaban J connectivity index is 2.03. The van der Waals surface area contributed by atoms with Gasteiger partial charge >= 0.3 is 0 Å². The lowest BCUT2D eigenvalue weighted by Crippen LogP contribution is -2.37. The van der Waals surface area contributed by atoms with Crippen molar-refractivity contribution in [1.29, 1.82) is 0 Å². The standard InChI is InChI=1S/C14H16Cl2N4O/c15-3-4-17-13-11-9-10(16)1-2-12(11)18-14(19-13)20-5-7-21-8-6-20/h1-2,9H,3-8H2,(H,17,18,19). The van der Waals surface area contributed by atoms with Crippen LogP contribution in [0.4, 0.5) is 11.8 Å². The smallest absolute Gasteiger partial charge is 0.228 e. The first-order valence-electron chi connectivity index (χ1n) is 6.88. The van der Waals surface area contributed by atoms with E-state index in [2.05, 4.69) is 20.2 Å². The number of nitrogens with one attached hydrogen (secondary N) is 1. The van der Waals surface area contributed by atoms with Crippen molar-refractivity contribution < 1.29 is 4.74 Å². The fourth-order valence-electron chi connectivity index (χ4n) is 2.29. The molecule has 0 saturated carbocycles. The predicted octanol–water partition coefficient (Wildman–Crippen LogP) is 2.77. The third-order valence-electron chi connectivity index (χ3n) is 3.33. The van der Waals surface area contributed by atoms with Gasteiger partial charge in [-0.3, -0.25) is 0 Å². The van der Waals surface area contributed by atoms with Crippen LogP contribution in [0.2, 0.25) is 5.02 Å². The molecule has 0 aliphatic carbocycles. The van der Waals surface area contributed by atoms with E-state index in [1.54, 1.807) is 0 Å². The SMILES string of the molecule is ClCCNc1nc(N2CCOCC2)nc2ccc(Cl)cc12. The number of halogens is 2. The highest BCUT2D eigenvalue weighted by molar-refractivity contribution is 6.31. The molecular weight excluding hydrogens is 311 g/mol. The summed E-state index contributed by atoms with van der Waals surface area (Å²) in [6, 6.07) is 5.62. The zero-order valence-electron chi connectivity index (χ0n) is 11.5. The summed E-state index contributed by atoms with van der Waals surface area (Å²) in [7, 11) is 0. The molecular formula is C14H16Cl2N4O. The molecule has 0 bridgehead atoms. The molecule has 0 atom stereocenters. The maximum absolute atomic E-state index is 6.08. The van der Waals surface area contributed by atoms with Crippen molar-refractivity contribution in [3.05, 3.63) is 23.2 Å². The van der Waals surface area contributed by atoms with Crippen molar-refractivity contribution >= 4 is 45.9 Å². The van der Waals surface area contributed by atoms with Gasteiger partial charge in [-0.2, -0.15) is 4.98 Å². The first kappa shape index (κ1) is 14.6. The van der Waals surface area contributed by atoms with E-state index in [4.69, 9.17) is 27.9 Å². The van der Waals surface area contributed by atoms with Crippen molar-refractivity contribution in [3.63, 3.8) is 0 Å². The molecule has 1 aliphatic rings. The van der Waals surface area contributed by atoms with Crippen molar-refractivity contribution in [2.24, 2.45) is 0 Å². The van der Waals surface area contributed by atoms with Crippen LogP contribution in [0.25, 0.3) is 10.9 Å². The zero-order chi connectivity index (χ0) is 14.7. The van der Waals surface area contributed by atoms with Crippen molar-refractivity contribution in [3.8, 4) is 0 Å². The molecule has 21 heavy (non-hydrogen) atoms. The number of hydrogen-bond acceptors (Lipinski definition) is 5. The minimum atomic E-state index is 0.513. The molecule has 5 nitrogen and oxygen atoms in total. The van der Waals surface area contributed by atoms with Crippen molar-refractivity contribution in [1.82, 2.24) is 9.97 Å². The van der Waals surface area contributed by atoms with E-state index in [1.165, 1.54) is 0 Å². The number of morpholine rings is 1. The van der Waals surface area contributed by atoms with Crippen LogP contribution in [0.5, 0.6) is 0 Å². The monoisotopic (exact) mass is 326 g/mol. The van der Waals surface area contributed by atoms with Crippen LogP contribution in [0.3, 0.4) is 0 Å². The molecule has 2 aromatic rings. The van der Waals surface area contributed by atoms with Crippen LogP contribution in [-0.2, 0) is 4.74 Å². The predicted molar refractivity (Wildman–Crippen MR) is 86.8 cm³/mol. The van der Waals surface area contributed by atoms with Crippen LogP contribution in [0.15, 0.2) is 18.2 Å². The first-order chi connectivity index (χ1) is 10.3. The van der Waals surface area contributed by atoms with E-state index in [9.17, 15) is 0 Å². The van der Waals surface area contributed by atoms with Crippen LogP contribution in [0.1, 0.15) is 0 Å². The normalized spacial score (nSPS) is 15.4. The number of alkyl halides is 1. The number of fused-ring (bicyclic) bond motifs is 1. The summed E-state index contributed by atoms with van der Waals surface area (Å²) in [5, 5.41) is 4.82. The lowest BCUT2D eigenvalue weighted by Gasteiger charge is -2.27. The molecule has 1 aromatic carbocycles. The molecule has 1 saturated heterocycles. The second-order valence-corrected chi connectivity index (χ2v) is 5.56. The fraction of sp³-hybridized carbons (Fsp3) is 0.429. The second-order valence-electron chi connectivity index (χ2n) is 4.75. The Kier molecular flexibility index (Phi) is 4.63. The number of anilines is 2. The Morgan fingerprint density at radius 2 is 2.05 bits per heavy atom. The molecule has 0 radical (unpaired) electrons. The number of benzene rings is 1. The minimum absolute atomic E-state index is 0.513. The largest absolute Gasteiger partial charge is 0.378 e. The van der Waals surface area contributed by atoms with Gasteiger partial charge in [0.25, 0.3) is 0 Å². The third-order valence-corrected chi connectivity index (χ3v) is 3.75. The minimum Gasteiger partial charge on any atom is -0.378 e. The van der Waals surface area contributed by atoms with Crippen LogP contribution < -0.4 is 10.2 Å². The number of ether oxygens (including phenoxy) is 1. The van der Waals surface area contributed by atoms with Crippen LogP contribution >= 0.6 is 23.2 Å². The summed E-state index contributed by atoms with van der Waals surface area (Å²) < 4.78 is 5.37. The Bertz CT molecular complexity index is 632. The molecule has 2 heterocycles. The topological polar surface area (TPSA) is 50.3 Å². The molecule has 0 amide bonds. The van der Waals surface area contributed by atoms with Crippen LogP contribution in [-0.4, -0.2) is 48.7 Å². The molecule has 1 aliphatic heterocycles. The molecule has 3 rings (SSSR count). The fourth-order valence-corrected chi connectivity index (χ4v) is 2.56. The van der Waals surface area contributed by atoms with Gasteiger partial charge in [0.05, 0.1) is 18.7 Å². The van der Waals surface area contributed by atoms with E-state index in [1.807, 2.05) is 18.2 Å². The highest BCUT2D eigenvalue weighted by atomic mass is 35.5. The Hall–Kier alpha value is -1.30. The highest BCUT2D eigenvalue weighted by Gasteiger charge is 2.16. The number of hydrogen-bond donors (Lipinski definition) is 1. The van der Waals surface area contributed by atoms with Gasteiger partial charge in [-0.05, 0) is 18.2 Å². The summed E-state index contributed by atoms with van der Waals surface area (Å²) in [6.45, 7) is 3.64. The summed E-state index contributed by atoms with van der Waals surface area (Å²) >= 11 is 11.8. The molecule has 7 heteroatoms. The average Bonchev–Trinajstić information content (AvgIpc) is 2.53. The lowest BCUT2D eigenvalue weighted by atomic mass is 10.2. The number of nitrogens with zero attached hydrogens (tertiary/aromatic N) is 3. The van der Waals surface area contributed by atoms with Gasteiger partial charge in [-0.1, -0.05) is 11.6 Å². The molecule has 0 unspecified atom stereocenters.